The Labute approximate surface area is 118 Å². The van der Waals surface area contributed by atoms with Gasteiger partial charge >= 0.3 is 1.43 Å². The van der Waals surface area contributed by atoms with Crippen LogP contribution in [0.25, 0.3) is 0 Å². The predicted molar refractivity (Wildman–Crippen MR) is 85.5 cm³/mol. The summed E-state index contributed by atoms with van der Waals surface area (Å²) >= 11 is 0. The van der Waals surface area contributed by atoms with Crippen LogP contribution in [0.1, 0.15) is 80.5 Å². The molecule has 0 aliphatic rings. The summed E-state index contributed by atoms with van der Waals surface area (Å²) in [6.07, 6.45) is 11.1. The molecule has 2 nitrogen and oxygen atoms in total. The third-order valence-corrected chi connectivity index (χ3v) is 3.94. The Morgan fingerprint density at radius 2 is 0.778 bits per heavy atom. The van der Waals surface area contributed by atoms with Crippen molar-refractivity contribution in [3.05, 3.63) is 0 Å². The Morgan fingerprint density at radius 1 is 0.556 bits per heavy atom. The highest BCUT2D eigenvalue weighted by molar-refractivity contribution is 4.49. The molecule has 0 spiro atoms. The standard InChI is InChI=1S/C16H36N.H3N/c1-5-9-13-17(14-10-6-2,15-11-7-3)16-12-8-4;/h5-16H2,1-4H3;1H3/q+1;/p+1. The first kappa shape index (κ1) is 20.2. The Bertz CT molecular complexity index is 125. The van der Waals surface area contributed by atoms with Gasteiger partial charge in [0.15, 0.2) is 0 Å². The summed E-state index contributed by atoms with van der Waals surface area (Å²) in [6.45, 7) is 15.0. The molecular formula is C16H40N2+2. The number of rotatable bonds is 12. The molecule has 0 aromatic carbocycles. The second-order valence-corrected chi connectivity index (χ2v) is 5.65. The van der Waals surface area contributed by atoms with Crippen LogP contribution in [0.15, 0.2) is 0 Å². The van der Waals surface area contributed by atoms with E-state index in [1.165, 1.54) is 82.0 Å². The fourth-order valence-corrected chi connectivity index (χ4v) is 2.64. The van der Waals surface area contributed by atoms with Gasteiger partial charge < -0.3 is 10.6 Å². The van der Waals surface area contributed by atoms with Gasteiger partial charge in [-0.15, -0.1) is 0 Å². The van der Waals surface area contributed by atoms with Crippen LogP contribution in [0.2, 0.25) is 0 Å². The predicted octanol–water partition coefficient (Wildman–Crippen LogP) is 5.28. The Kier molecular flexibility index (Phi) is 15.0. The average molecular weight is 261 g/mol. The van der Waals surface area contributed by atoms with Crippen molar-refractivity contribution in [2.45, 2.75) is 79.1 Å². The van der Waals surface area contributed by atoms with Gasteiger partial charge in [-0.3, -0.25) is 0 Å². The molecule has 0 bridgehead atoms. The van der Waals surface area contributed by atoms with Crippen molar-refractivity contribution in [3.63, 3.8) is 0 Å². The second-order valence-electron chi connectivity index (χ2n) is 5.65. The molecule has 3 N–H and O–H groups in total. The molecule has 18 heavy (non-hydrogen) atoms. The molecule has 0 aliphatic heterocycles. The quantitative estimate of drug-likeness (QED) is 0.476. The van der Waals surface area contributed by atoms with E-state index >= 15 is 0 Å². The normalized spacial score (nSPS) is 11.3. The maximum Gasteiger partial charge on any atom is 1.00 e. The van der Waals surface area contributed by atoms with Crippen molar-refractivity contribution >= 4 is 0 Å². The zero-order valence-electron chi connectivity index (χ0n) is 14.6. The van der Waals surface area contributed by atoms with E-state index < -0.39 is 0 Å². The number of quaternary nitrogens is 1. The van der Waals surface area contributed by atoms with Crippen molar-refractivity contribution in [2.75, 3.05) is 26.2 Å². The maximum absolute atomic E-state index is 2.33. The smallest absolute Gasteiger partial charge is 0.344 e. The minimum atomic E-state index is 0. The van der Waals surface area contributed by atoms with Gasteiger partial charge in [0.25, 0.3) is 0 Å². The number of unbranched alkanes of at least 4 members (excludes halogenated alkanes) is 4. The highest BCUT2D eigenvalue weighted by atomic mass is 15.3. The van der Waals surface area contributed by atoms with Crippen LogP contribution in [0, 0.1) is 0 Å². The fourth-order valence-electron chi connectivity index (χ4n) is 2.64. The highest BCUT2D eigenvalue weighted by Crippen LogP contribution is 2.16. The third kappa shape index (κ3) is 8.93. The average Bonchev–Trinajstić information content (AvgIpc) is 2.37. The Balaban J connectivity index is -0.00000128. The van der Waals surface area contributed by atoms with E-state index in [2.05, 4.69) is 27.7 Å². The molecule has 0 saturated heterocycles. The van der Waals surface area contributed by atoms with Gasteiger partial charge in [0.2, 0.25) is 0 Å². The lowest BCUT2D eigenvalue weighted by molar-refractivity contribution is -0.929. The molecule has 2 heteroatoms. The van der Waals surface area contributed by atoms with E-state index in [1.54, 1.807) is 0 Å². The molecule has 112 valence electrons. The zero-order chi connectivity index (χ0) is 13.0. The van der Waals surface area contributed by atoms with Crippen LogP contribution < -0.4 is 6.15 Å². The fraction of sp³-hybridized carbons (Fsp3) is 1.00. The van der Waals surface area contributed by atoms with Crippen molar-refractivity contribution in [1.29, 1.82) is 0 Å². The largest absolute Gasteiger partial charge is 1.00 e. The van der Waals surface area contributed by atoms with Crippen molar-refractivity contribution < 1.29 is 5.91 Å². The van der Waals surface area contributed by atoms with Gasteiger partial charge in [0.1, 0.15) is 0 Å². The maximum atomic E-state index is 2.33. The molecule has 0 heterocycles. The first-order chi connectivity index (χ1) is 8.24. The van der Waals surface area contributed by atoms with E-state index in [1.807, 2.05) is 0 Å². The van der Waals surface area contributed by atoms with Gasteiger partial charge in [0, 0.05) is 0 Å². The SMILES string of the molecule is CCCC[N+](CCCC)(CCCC)CCCC.N.[H+]. The van der Waals surface area contributed by atoms with E-state index in [4.69, 9.17) is 0 Å². The lowest BCUT2D eigenvalue weighted by Crippen LogP contribution is -2.50. The Morgan fingerprint density at radius 3 is 0.944 bits per heavy atom. The lowest BCUT2D eigenvalue weighted by Gasteiger charge is -2.39. The van der Waals surface area contributed by atoms with Crippen molar-refractivity contribution in [2.24, 2.45) is 0 Å². The van der Waals surface area contributed by atoms with Crippen molar-refractivity contribution in [1.82, 2.24) is 6.15 Å². The third-order valence-electron chi connectivity index (χ3n) is 3.94. The molecule has 0 fully saturated rings. The molecule has 0 amide bonds. The number of hydrogen-bond donors (Lipinski definition) is 1. The van der Waals surface area contributed by atoms with Crippen LogP contribution >= 0.6 is 0 Å². The van der Waals surface area contributed by atoms with Crippen LogP contribution in [0.5, 0.6) is 0 Å². The summed E-state index contributed by atoms with van der Waals surface area (Å²) in [5, 5.41) is 0. The van der Waals surface area contributed by atoms with Gasteiger partial charge in [-0.2, -0.15) is 0 Å². The molecule has 0 radical (unpaired) electrons. The van der Waals surface area contributed by atoms with Gasteiger partial charge in [-0.1, -0.05) is 53.4 Å². The summed E-state index contributed by atoms with van der Waals surface area (Å²) in [7, 11) is 0. The second kappa shape index (κ2) is 13.4. The zero-order valence-corrected chi connectivity index (χ0v) is 13.6. The summed E-state index contributed by atoms with van der Waals surface area (Å²) in [4.78, 5) is 0. The highest BCUT2D eigenvalue weighted by Gasteiger charge is 2.24. The van der Waals surface area contributed by atoms with E-state index in [0.717, 1.165) is 0 Å². The molecule has 0 rings (SSSR count). The minimum absolute atomic E-state index is 0. The summed E-state index contributed by atoms with van der Waals surface area (Å²) in [5.74, 6) is 0. The molecule has 0 aliphatic carbocycles. The minimum Gasteiger partial charge on any atom is -0.344 e. The Hall–Kier alpha value is -0.0800. The van der Waals surface area contributed by atoms with E-state index in [9.17, 15) is 0 Å². The van der Waals surface area contributed by atoms with Gasteiger partial charge in [0.05, 0.1) is 26.2 Å². The lowest BCUT2D eigenvalue weighted by atomic mass is 10.1. The van der Waals surface area contributed by atoms with Crippen LogP contribution in [0.4, 0.5) is 0 Å². The summed E-state index contributed by atoms with van der Waals surface area (Å²) in [5.41, 5.74) is 0. The molecular weight excluding hydrogens is 220 g/mol. The molecule has 0 unspecified atom stereocenters. The number of hydrogen-bond acceptors (Lipinski definition) is 1. The molecule has 0 atom stereocenters. The van der Waals surface area contributed by atoms with Crippen LogP contribution in [0.3, 0.4) is 0 Å². The van der Waals surface area contributed by atoms with Gasteiger partial charge in [-0.25, -0.2) is 0 Å². The van der Waals surface area contributed by atoms with E-state index in [0.29, 0.717) is 0 Å². The molecule has 0 aromatic heterocycles. The first-order valence-corrected chi connectivity index (χ1v) is 8.09. The summed E-state index contributed by atoms with van der Waals surface area (Å²) < 4.78 is 1.42. The van der Waals surface area contributed by atoms with E-state index in [-0.39, 0.29) is 7.58 Å². The summed E-state index contributed by atoms with van der Waals surface area (Å²) in [6, 6.07) is 0. The molecule has 0 saturated carbocycles. The van der Waals surface area contributed by atoms with Gasteiger partial charge in [-0.05, 0) is 25.7 Å². The monoisotopic (exact) mass is 260 g/mol. The molecule has 0 aromatic rings. The number of nitrogens with zero attached hydrogens (tertiary/aromatic N) is 1. The van der Waals surface area contributed by atoms with Crippen LogP contribution in [-0.4, -0.2) is 30.7 Å². The topological polar surface area (TPSA) is 35.0 Å². The first-order valence-electron chi connectivity index (χ1n) is 8.09. The van der Waals surface area contributed by atoms with Crippen molar-refractivity contribution in [3.8, 4) is 0 Å². The van der Waals surface area contributed by atoms with Crippen LogP contribution in [-0.2, 0) is 0 Å².